The minimum absolute atomic E-state index is 0.00873. The van der Waals surface area contributed by atoms with Gasteiger partial charge in [0.1, 0.15) is 0 Å². The molecule has 1 unspecified atom stereocenters. The van der Waals surface area contributed by atoms with Crippen molar-refractivity contribution in [3.63, 3.8) is 0 Å². The quantitative estimate of drug-likeness (QED) is 0.737. The molecule has 8 nitrogen and oxygen atoms in total. The van der Waals surface area contributed by atoms with Crippen LogP contribution in [0.5, 0.6) is 0 Å². The lowest BCUT2D eigenvalue weighted by Gasteiger charge is -2.39. The first-order valence-corrected chi connectivity index (χ1v) is 10.0. The highest BCUT2D eigenvalue weighted by Gasteiger charge is 2.32. The van der Waals surface area contributed by atoms with Crippen LogP contribution < -0.4 is 0 Å². The van der Waals surface area contributed by atoms with Gasteiger partial charge in [0, 0.05) is 51.1 Å². The number of rotatable bonds is 6. The number of carbonyl (C=O) groups is 2. The van der Waals surface area contributed by atoms with Gasteiger partial charge in [-0.3, -0.25) is 14.6 Å². The van der Waals surface area contributed by atoms with E-state index in [1.807, 2.05) is 0 Å². The number of pyridine rings is 1. The molecule has 2 fully saturated rings. The first-order chi connectivity index (χ1) is 14.0. The monoisotopic (exact) mass is 401 g/mol. The van der Waals surface area contributed by atoms with Crippen LogP contribution in [0.3, 0.4) is 0 Å². The van der Waals surface area contributed by atoms with Crippen LogP contribution >= 0.6 is 0 Å². The third kappa shape index (κ3) is 4.44. The van der Waals surface area contributed by atoms with Gasteiger partial charge in [0.25, 0.3) is 5.91 Å². The Morgan fingerprint density at radius 1 is 1.34 bits per heavy atom. The summed E-state index contributed by atoms with van der Waals surface area (Å²) in [7, 11) is 0. The first-order valence-electron chi connectivity index (χ1n) is 10.0. The van der Waals surface area contributed by atoms with Crippen molar-refractivity contribution in [3.8, 4) is 0 Å². The zero-order valence-electron chi connectivity index (χ0n) is 16.4. The minimum atomic E-state index is -0.633. The summed E-state index contributed by atoms with van der Waals surface area (Å²) in [5.41, 5.74) is 0.00873. The molecule has 1 saturated carbocycles. The molecule has 1 atom stereocenters. The maximum absolute atomic E-state index is 14.0. The van der Waals surface area contributed by atoms with E-state index in [-0.39, 0.29) is 23.4 Å². The van der Waals surface area contributed by atoms with Crippen LogP contribution in [-0.2, 0) is 11.2 Å². The van der Waals surface area contributed by atoms with Crippen molar-refractivity contribution in [1.29, 1.82) is 0 Å². The Balaban J connectivity index is 1.40. The second-order valence-corrected chi connectivity index (χ2v) is 7.69. The van der Waals surface area contributed by atoms with Gasteiger partial charge in [0.15, 0.2) is 11.6 Å². The van der Waals surface area contributed by atoms with E-state index >= 15 is 0 Å². The highest BCUT2D eigenvalue weighted by Crippen LogP contribution is 2.38. The van der Waals surface area contributed by atoms with Crippen molar-refractivity contribution in [1.82, 2.24) is 24.9 Å². The first kappa shape index (κ1) is 19.5. The average Bonchev–Trinajstić information content (AvgIpc) is 3.46. The van der Waals surface area contributed by atoms with E-state index in [4.69, 9.17) is 4.52 Å². The van der Waals surface area contributed by atoms with Gasteiger partial charge in [-0.15, -0.1) is 0 Å². The fourth-order valence-electron chi connectivity index (χ4n) is 3.80. The summed E-state index contributed by atoms with van der Waals surface area (Å²) in [5.74, 6) is 0.609. The zero-order valence-corrected chi connectivity index (χ0v) is 16.4. The lowest BCUT2D eigenvalue weighted by atomic mass is 10.0. The van der Waals surface area contributed by atoms with Gasteiger partial charge in [-0.1, -0.05) is 5.16 Å². The molecule has 0 spiro atoms. The van der Waals surface area contributed by atoms with Crippen LogP contribution in [-0.4, -0.2) is 62.4 Å². The van der Waals surface area contributed by atoms with Gasteiger partial charge in [-0.05, 0) is 31.7 Å². The number of aromatic nitrogens is 3. The molecule has 9 heteroatoms. The third-order valence-electron chi connectivity index (χ3n) is 5.52. The molecular weight excluding hydrogens is 377 g/mol. The molecule has 1 aliphatic heterocycles. The number of amides is 2. The molecule has 29 heavy (non-hydrogen) atoms. The van der Waals surface area contributed by atoms with E-state index in [1.165, 1.54) is 19.2 Å². The lowest BCUT2D eigenvalue weighted by molar-refractivity contribution is -0.132. The van der Waals surface area contributed by atoms with E-state index in [0.717, 1.165) is 31.9 Å². The Morgan fingerprint density at radius 2 is 2.17 bits per heavy atom. The fraction of sp³-hybridized carbons (Fsp3) is 0.550. The number of carbonyl (C=O) groups excluding carboxylic acids is 2. The number of hydrogen-bond acceptors (Lipinski definition) is 6. The molecule has 1 aliphatic carbocycles. The molecule has 2 aromatic heterocycles. The van der Waals surface area contributed by atoms with E-state index in [1.54, 1.807) is 9.80 Å². The highest BCUT2D eigenvalue weighted by molar-refractivity contribution is 5.94. The second-order valence-electron chi connectivity index (χ2n) is 7.69. The molecule has 2 aromatic rings. The van der Waals surface area contributed by atoms with Crippen molar-refractivity contribution in [2.24, 2.45) is 0 Å². The molecule has 0 bridgehead atoms. The maximum Gasteiger partial charge on any atom is 0.257 e. The fourth-order valence-corrected chi connectivity index (χ4v) is 3.80. The molecule has 2 amide bonds. The molecule has 0 aromatic carbocycles. The third-order valence-corrected chi connectivity index (χ3v) is 5.52. The predicted molar refractivity (Wildman–Crippen MR) is 100 cm³/mol. The van der Waals surface area contributed by atoms with Gasteiger partial charge >= 0.3 is 0 Å². The normalized spacial score (nSPS) is 19.2. The van der Waals surface area contributed by atoms with Crippen molar-refractivity contribution < 1.29 is 18.5 Å². The Bertz CT molecular complexity index is 898. The number of hydrogen-bond donors (Lipinski definition) is 0. The van der Waals surface area contributed by atoms with Crippen LogP contribution in [0.1, 0.15) is 60.6 Å². The summed E-state index contributed by atoms with van der Waals surface area (Å²) in [6, 6.07) is 1.27. The lowest BCUT2D eigenvalue weighted by Crippen LogP contribution is -2.51. The number of halogens is 1. The van der Waals surface area contributed by atoms with E-state index in [0.29, 0.717) is 43.7 Å². The van der Waals surface area contributed by atoms with E-state index in [2.05, 4.69) is 15.1 Å². The van der Waals surface area contributed by atoms with Gasteiger partial charge in [0.05, 0.1) is 11.8 Å². The van der Waals surface area contributed by atoms with Crippen molar-refractivity contribution >= 4 is 11.8 Å². The molecule has 0 N–H and O–H groups in total. The minimum Gasteiger partial charge on any atom is -0.339 e. The Labute approximate surface area is 168 Å². The Kier molecular flexibility index (Phi) is 5.55. The number of piperidine rings is 1. The summed E-state index contributed by atoms with van der Waals surface area (Å²) >= 11 is 0. The standard InChI is InChI=1S/C20H24FN5O3/c1-13(27)26(10-7-18-23-19(29-24-18)14-4-5-14)15-3-2-9-25(12-15)20(28)16-6-8-22-11-17(16)21/h6,8,11,14-15H,2-5,7,9-10,12H2,1H3. The largest absolute Gasteiger partial charge is 0.339 e. The smallest absolute Gasteiger partial charge is 0.257 e. The summed E-state index contributed by atoms with van der Waals surface area (Å²) < 4.78 is 19.2. The van der Waals surface area contributed by atoms with Crippen molar-refractivity contribution in [2.45, 2.75) is 51.0 Å². The summed E-state index contributed by atoms with van der Waals surface area (Å²) in [6.07, 6.45) is 6.66. The number of likely N-dealkylation sites (tertiary alicyclic amines) is 1. The topological polar surface area (TPSA) is 92.4 Å². The molecule has 4 rings (SSSR count). The van der Waals surface area contributed by atoms with E-state index in [9.17, 15) is 14.0 Å². The zero-order chi connectivity index (χ0) is 20.4. The van der Waals surface area contributed by atoms with Crippen LogP contribution in [0.2, 0.25) is 0 Å². The molecule has 0 radical (unpaired) electrons. The van der Waals surface area contributed by atoms with Crippen molar-refractivity contribution in [3.05, 3.63) is 41.6 Å². The molecule has 1 saturated heterocycles. The van der Waals surface area contributed by atoms with Gasteiger partial charge in [-0.2, -0.15) is 4.98 Å². The van der Waals surface area contributed by atoms with Gasteiger partial charge in [-0.25, -0.2) is 4.39 Å². The maximum atomic E-state index is 14.0. The number of nitrogens with zero attached hydrogens (tertiary/aromatic N) is 5. The van der Waals surface area contributed by atoms with Crippen molar-refractivity contribution in [2.75, 3.05) is 19.6 Å². The van der Waals surface area contributed by atoms with Gasteiger partial charge < -0.3 is 14.3 Å². The molecular formula is C20H24FN5O3. The Morgan fingerprint density at radius 3 is 2.90 bits per heavy atom. The van der Waals surface area contributed by atoms with Crippen LogP contribution in [0, 0.1) is 5.82 Å². The molecule has 2 aliphatic rings. The molecule has 154 valence electrons. The second kappa shape index (κ2) is 8.26. The van der Waals surface area contributed by atoms with Crippen LogP contribution in [0.15, 0.2) is 23.0 Å². The summed E-state index contributed by atoms with van der Waals surface area (Å²) in [4.78, 5) is 36.5. The average molecular weight is 401 g/mol. The highest BCUT2D eigenvalue weighted by atomic mass is 19.1. The van der Waals surface area contributed by atoms with Crippen LogP contribution in [0.4, 0.5) is 4.39 Å². The summed E-state index contributed by atoms with van der Waals surface area (Å²) in [5, 5.41) is 4.01. The Hall–Kier alpha value is -2.84. The SMILES string of the molecule is CC(=O)N(CCc1noc(C2CC2)n1)C1CCCN(C(=O)c2ccncc2F)C1. The summed E-state index contributed by atoms with van der Waals surface area (Å²) in [6.45, 7) is 2.89. The molecule has 3 heterocycles. The predicted octanol–water partition coefficient (Wildman–Crippen LogP) is 2.18. The van der Waals surface area contributed by atoms with Crippen LogP contribution in [0.25, 0.3) is 0 Å². The van der Waals surface area contributed by atoms with Gasteiger partial charge in [0.2, 0.25) is 11.8 Å². The van der Waals surface area contributed by atoms with E-state index < -0.39 is 5.82 Å².